The summed E-state index contributed by atoms with van der Waals surface area (Å²) < 4.78 is 0. The zero-order valence-corrected chi connectivity index (χ0v) is 11.6. The first-order valence-corrected chi connectivity index (χ1v) is 7.70. The van der Waals surface area contributed by atoms with Gasteiger partial charge in [0.05, 0.1) is 0 Å². The summed E-state index contributed by atoms with van der Waals surface area (Å²) in [6, 6.07) is 10.6. The van der Waals surface area contributed by atoms with Gasteiger partial charge in [0.25, 0.3) is 0 Å². The van der Waals surface area contributed by atoms with Gasteiger partial charge < -0.3 is 4.90 Å². The summed E-state index contributed by atoms with van der Waals surface area (Å²) in [7, 11) is 0. The van der Waals surface area contributed by atoms with Crippen molar-refractivity contribution in [3.63, 3.8) is 0 Å². The average molecular weight is 257 g/mol. The Kier molecular flexibility index (Phi) is 3.86. The van der Waals surface area contributed by atoms with E-state index in [-0.39, 0.29) is 5.92 Å². The number of hydrogen-bond donors (Lipinski definition) is 0. The van der Waals surface area contributed by atoms with Crippen molar-refractivity contribution in [2.75, 3.05) is 13.1 Å². The van der Waals surface area contributed by atoms with Crippen molar-refractivity contribution < 1.29 is 4.79 Å². The minimum absolute atomic E-state index is 0.237. The van der Waals surface area contributed by atoms with E-state index in [0.717, 1.165) is 19.5 Å². The Morgan fingerprint density at radius 1 is 0.947 bits per heavy atom. The fraction of sp³-hybridized carbons (Fsp3) is 0.588. The third-order valence-corrected chi connectivity index (χ3v) is 4.73. The van der Waals surface area contributed by atoms with Gasteiger partial charge in [-0.25, -0.2) is 0 Å². The molecule has 2 aliphatic rings. The van der Waals surface area contributed by atoms with Gasteiger partial charge in [-0.3, -0.25) is 4.79 Å². The molecule has 0 aromatic heterocycles. The number of piperidine rings is 1. The molecular weight excluding hydrogens is 234 g/mol. The van der Waals surface area contributed by atoms with Crippen LogP contribution in [0.4, 0.5) is 0 Å². The quantitative estimate of drug-likeness (QED) is 0.793. The molecule has 0 radical (unpaired) electrons. The highest BCUT2D eigenvalue weighted by molar-refractivity contribution is 5.80. The van der Waals surface area contributed by atoms with Crippen LogP contribution >= 0.6 is 0 Å². The Balaban J connectivity index is 1.74. The van der Waals surface area contributed by atoms with Gasteiger partial charge in [-0.2, -0.15) is 0 Å². The summed E-state index contributed by atoms with van der Waals surface area (Å²) in [5, 5.41) is 0. The highest BCUT2D eigenvalue weighted by Crippen LogP contribution is 2.40. The lowest BCUT2D eigenvalue weighted by Crippen LogP contribution is -2.40. The van der Waals surface area contributed by atoms with Crippen LogP contribution in [0.2, 0.25) is 0 Å². The Hall–Kier alpha value is -1.31. The fourth-order valence-electron chi connectivity index (χ4n) is 3.70. The molecule has 3 rings (SSSR count). The van der Waals surface area contributed by atoms with E-state index < -0.39 is 0 Å². The summed E-state index contributed by atoms with van der Waals surface area (Å²) in [4.78, 5) is 14.8. The Labute approximate surface area is 115 Å². The van der Waals surface area contributed by atoms with E-state index in [1.165, 1.54) is 37.7 Å². The molecule has 1 heterocycles. The maximum absolute atomic E-state index is 12.7. The molecule has 2 heteroatoms. The van der Waals surface area contributed by atoms with Crippen LogP contribution in [0.1, 0.15) is 50.0 Å². The van der Waals surface area contributed by atoms with Crippen LogP contribution in [0.15, 0.2) is 30.3 Å². The fourth-order valence-corrected chi connectivity index (χ4v) is 3.70. The molecule has 0 N–H and O–H groups in total. The maximum atomic E-state index is 12.7. The lowest BCUT2D eigenvalue weighted by Gasteiger charge is -2.31. The molecule has 1 saturated heterocycles. The number of benzene rings is 1. The lowest BCUT2D eigenvalue weighted by molar-refractivity contribution is -0.136. The summed E-state index contributed by atoms with van der Waals surface area (Å²) in [6.45, 7) is 1.97. The van der Waals surface area contributed by atoms with Crippen molar-refractivity contribution in [2.24, 2.45) is 5.92 Å². The molecule has 102 valence electrons. The normalized spacial score (nSPS) is 27.5. The van der Waals surface area contributed by atoms with Crippen molar-refractivity contribution in [3.05, 3.63) is 35.9 Å². The third-order valence-electron chi connectivity index (χ3n) is 4.73. The molecule has 1 aliphatic carbocycles. The zero-order chi connectivity index (χ0) is 13.1. The Bertz CT molecular complexity index is 422. The van der Waals surface area contributed by atoms with Crippen LogP contribution in [0.5, 0.6) is 0 Å². The summed E-state index contributed by atoms with van der Waals surface area (Å²) in [5.41, 5.74) is 1.36. The molecule has 0 spiro atoms. The van der Waals surface area contributed by atoms with Crippen LogP contribution < -0.4 is 0 Å². The molecule has 1 aliphatic heterocycles. The highest BCUT2D eigenvalue weighted by atomic mass is 16.2. The minimum Gasteiger partial charge on any atom is -0.342 e. The van der Waals surface area contributed by atoms with Crippen molar-refractivity contribution >= 4 is 5.91 Å². The molecule has 1 saturated carbocycles. The van der Waals surface area contributed by atoms with Gasteiger partial charge in [0.2, 0.25) is 5.91 Å². The van der Waals surface area contributed by atoms with E-state index in [9.17, 15) is 4.79 Å². The maximum Gasteiger partial charge on any atom is 0.226 e. The van der Waals surface area contributed by atoms with E-state index >= 15 is 0 Å². The van der Waals surface area contributed by atoms with Gasteiger partial charge in [0.15, 0.2) is 0 Å². The molecule has 1 amide bonds. The van der Waals surface area contributed by atoms with Crippen LogP contribution in [-0.4, -0.2) is 23.9 Å². The van der Waals surface area contributed by atoms with Crippen molar-refractivity contribution in [2.45, 2.75) is 44.4 Å². The molecule has 2 nitrogen and oxygen atoms in total. The molecule has 0 bridgehead atoms. The molecule has 1 aromatic carbocycles. The van der Waals surface area contributed by atoms with Crippen LogP contribution in [0.3, 0.4) is 0 Å². The molecular formula is C17H23NO. The molecule has 2 atom stereocenters. The SMILES string of the molecule is O=C([C@@H]1CCC[C@@H]1c1ccccc1)N1CCCCC1. The topological polar surface area (TPSA) is 20.3 Å². The molecule has 1 aromatic rings. The summed E-state index contributed by atoms with van der Waals surface area (Å²) in [6.07, 6.45) is 7.12. The van der Waals surface area contributed by atoms with Crippen LogP contribution in [0.25, 0.3) is 0 Å². The lowest BCUT2D eigenvalue weighted by atomic mass is 9.87. The Morgan fingerprint density at radius 2 is 1.68 bits per heavy atom. The van der Waals surface area contributed by atoms with E-state index in [4.69, 9.17) is 0 Å². The monoisotopic (exact) mass is 257 g/mol. The van der Waals surface area contributed by atoms with E-state index in [0.29, 0.717) is 11.8 Å². The number of carbonyl (C=O) groups is 1. The predicted octanol–water partition coefficient (Wildman–Crippen LogP) is 3.58. The highest BCUT2D eigenvalue weighted by Gasteiger charge is 2.36. The predicted molar refractivity (Wildman–Crippen MR) is 77.0 cm³/mol. The number of carbonyl (C=O) groups excluding carboxylic acids is 1. The second-order valence-corrected chi connectivity index (χ2v) is 5.94. The number of hydrogen-bond acceptors (Lipinski definition) is 1. The zero-order valence-electron chi connectivity index (χ0n) is 11.6. The number of likely N-dealkylation sites (tertiary alicyclic amines) is 1. The smallest absolute Gasteiger partial charge is 0.226 e. The van der Waals surface area contributed by atoms with Crippen LogP contribution in [-0.2, 0) is 4.79 Å². The summed E-state index contributed by atoms with van der Waals surface area (Å²) in [5.74, 6) is 1.11. The average Bonchev–Trinajstić information content (AvgIpc) is 2.98. The standard InChI is InChI=1S/C17H23NO/c19-17(18-12-5-2-6-13-18)16-11-7-10-15(16)14-8-3-1-4-9-14/h1,3-4,8-9,15-16H,2,5-7,10-13H2/t15-,16-/m1/s1. The first-order chi connectivity index (χ1) is 9.36. The number of amides is 1. The van der Waals surface area contributed by atoms with Crippen LogP contribution in [0, 0.1) is 5.92 Å². The Morgan fingerprint density at radius 3 is 2.42 bits per heavy atom. The first kappa shape index (κ1) is 12.7. The molecule has 2 fully saturated rings. The second kappa shape index (κ2) is 5.77. The number of nitrogens with zero attached hydrogens (tertiary/aromatic N) is 1. The van der Waals surface area contributed by atoms with Gasteiger partial charge in [0, 0.05) is 19.0 Å². The molecule has 0 unspecified atom stereocenters. The van der Waals surface area contributed by atoms with Gasteiger partial charge in [-0.05, 0) is 43.6 Å². The van der Waals surface area contributed by atoms with Crippen molar-refractivity contribution in [3.8, 4) is 0 Å². The van der Waals surface area contributed by atoms with E-state index in [2.05, 4.69) is 35.2 Å². The van der Waals surface area contributed by atoms with Crippen molar-refractivity contribution in [1.82, 2.24) is 4.90 Å². The second-order valence-electron chi connectivity index (χ2n) is 5.94. The van der Waals surface area contributed by atoms with Gasteiger partial charge in [-0.15, -0.1) is 0 Å². The first-order valence-electron chi connectivity index (χ1n) is 7.70. The summed E-state index contributed by atoms with van der Waals surface area (Å²) >= 11 is 0. The van der Waals surface area contributed by atoms with Gasteiger partial charge in [0.1, 0.15) is 0 Å². The largest absolute Gasteiger partial charge is 0.342 e. The number of rotatable bonds is 2. The van der Waals surface area contributed by atoms with Gasteiger partial charge in [-0.1, -0.05) is 36.8 Å². The van der Waals surface area contributed by atoms with E-state index in [1.807, 2.05) is 0 Å². The van der Waals surface area contributed by atoms with E-state index in [1.54, 1.807) is 0 Å². The minimum atomic E-state index is 0.237. The molecule has 19 heavy (non-hydrogen) atoms. The van der Waals surface area contributed by atoms with Crippen molar-refractivity contribution in [1.29, 1.82) is 0 Å². The third kappa shape index (κ3) is 2.68. The van der Waals surface area contributed by atoms with Gasteiger partial charge >= 0.3 is 0 Å².